The average Bonchev–Trinajstić information content (AvgIpc) is 3.13. The van der Waals surface area contributed by atoms with E-state index in [9.17, 15) is 4.79 Å². The van der Waals surface area contributed by atoms with Crippen molar-refractivity contribution in [3.8, 4) is 11.3 Å². The van der Waals surface area contributed by atoms with Crippen molar-refractivity contribution in [3.05, 3.63) is 71.6 Å². The molecule has 2 heterocycles. The minimum atomic E-state index is -0.589. The van der Waals surface area contributed by atoms with Crippen LogP contribution < -0.4 is 4.90 Å². The molecule has 0 radical (unpaired) electrons. The summed E-state index contributed by atoms with van der Waals surface area (Å²) in [5.41, 5.74) is 2.36. The number of cyclic esters (lactones) is 1. The fourth-order valence-corrected chi connectivity index (χ4v) is 3.86. The Morgan fingerprint density at radius 1 is 1.08 bits per heavy atom. The number of aromatic nitrogens is 1. The van der Waals surface area contributed by atoms with Gasteiger partial charge in [0.25, 0.3) is 0 Å². The maximum absolute atomic E-state index is 12.6. The Morgan fingerprint density at radius 2 is 1.76 bits per heavy atom. The van der Waals surface area contributed by atoms with Crippen LogP contribution in [0.4, 0.5) is 9.93 Å². The smallest absolute Gasteiger partial charge is 0.417 e. The van der Waals surface area contributed by atoms with Crippen molar-refractivity contribution in [2.45, 2.75) is 18.9 Å². The zero-order chi connectivity index (χ0) is 17.3. The number of benzene rings is 2. The summed E-state index contributed by atoms with van der Waals surface area (Å²) in [5.74, 6) is 0. The first-order valence-electron chi connectivity index (χ1n) is 8.23. The molecule has 1 aliphatic heterocycles. The highest BCUT2D eigenvalue weighted by Crippen LogP contribution is 2.36. The van der Waals surface area contributed by atoms with Crippen molar-refractivity contribution in [2.75, 3.05) is 11.4 Å². The molecule has 0 saturated carbocycles. The molecule has 0 N–H and O–H groups in total. The van der Waals surface area contributed by atoms with Crippen LogP contribution in [0.5, 0.6) is 0 Å². The minimum absolute atomic E-state index is 0.341. The lowest BCUT2D eigenvalue weighted by Gasteiger charge is -2.38. The van der Waals surface area contributed by atoms with Crippen LogP contribution in [-0.2, 0) is 10.3 Å². The standard InChI is InChI=1S/C20H18N2O2S/c1-20(16-10-6-3-7-11-16)12-13-22(19(23)24-20)18-21-17(14-25-18)15-8-4-2-5-9-15/h2-11,14H,12-13H2,1H3. The average molecular weight is 350 g/mol. The molecule has 1 fully saturated rings. The third-order valence-corrected chi connectivity index (χ3v) is 5.39. The van der Waals surface area contributed by atoms with Gasteiger partial charge in [-0.3, -0.25) is 4.90 Å². The molecule has 4 rings (SSSR count). The van der Waals surface area contributed by atoms with Gasteiger partial charge in [0.05, 0.1) is 5.69 Å². The van der Waals surface area contributed by atoms with Gasteiger partial charge in [0.1, 0.15) is 5.60 Å². The number of amides is 1. The second kappa shape index (κ2) is 6.33. The second-order valence-electron chi connectivity index (χ2n) is 6.25. The van der Waals surface area contributed by atoms with Crippen LogP contribution in [-0.4, -0.2) is 17.6 Å². The van der Waals surface area contributed by atoms with Crippen molar-refractivity contribution < 1.29 is 9.53 Å². The van der Waals surface area contributed by atoms with Crippen LogP contribution in [0.3, 0.4) is 0 Å². The van der Waals surface area contributed by atoms with Gasteiger partial charge in [0.2, 0.25) is 0 Å². The second-order valence-corrected chi connectivity index (χ2v) is 7.08. The van der Waals surface area contributed by atoms with E-state index in [0.29, 0.717) is 11.7 Å². The molecular formula is C20H18N2O2S. The fourth-order valence-electron chi connectivity index (χ4n) is 3.01. The van der Waals surface area contributed by atoms with Gasteiger partial charge >= 0.3 is 6.09 Å². The summed E-state index contributed by atoms with van der Waals surface area (Å²) in [7, 11) is 0. The van der Waals surface area contributed by atoms with E-state index in [2.05, 4.69) is 4.98 Å². The van der Waals surface area contributed by atoms with Crippen molar-refractivity contribution >= 4 is 22.6 Å². The van der Waals surface area contributed by atoms with Crippen LogP contribution in [0.15, 0.2) is 66.0 Å². The Hall–Kier alpha value is -2.66. The molecule has 0 aliphatic carbocycles. The van der Waals surface area contributed by atoms with Crippen LogP contribution in [0.1, 0.15) is 18.9 Å². The number of hydrogen-bond acceptors (Lipinski definition) is 4. The Balaban J connectivity index is 1.54. The van der Waals surface area contributed by atoms with Gasteiger partial charge in [0.15, 0.2) is 5.13 Å². The highest BCUT2D eigenvalue weighted by molar-refractivity contribution is 7.14. The molecule has 5 heteroatoms. The normalized spacial score (nSPS) is 20.4. The topological polar surface area (TPSA) is 42.4 Å². The molecule has 2 aromatic carbocycles. The maximum Gasteiger partial charge on any atom is 0.417 e. The SMILES string of the molecule is CC1(c2ccccc2)CCN(c2nc(-c3ccccc3)cs2)C(=O)O1. The Labute approximate surface area is 150 Å². The molecule has 1 aromatic heterocycles. The van der Waals surface area contributed by atoms with Gasteiger partial charge in [-0.05, 0) is 12.5 Å². The molecule has 4 nitrogen and oxygen atoms in total. The van der Waals surface area contributed by atoms with Crippen molar-refractivity contribution in [1.82, 2.24) is 4.98 Å². The number of ether oxygens (including phenoxy) is 1. The number of hydrogen-bond donors (Lipinski definition) is 0. The maximum atomic E-state index is 12.6. The zero-order valence-corrected chi connectivity index (χ0v) is 14.7. The van der Waals surface area contributed by atoms with Crippen LogP contribution in [0, 0.1) is 0 Å². The summed E-state index contributed by atoms with van der Waals surface area (Å²) in [5, 5.41) is 2.65. The van der Waals surface area contributed by atoms with Crippen molar-refractivity contribution in [3.63, 3.8) is 0 Å². The van der Waals surface area contributed by atoms with Gasteiger partial charge < -0.3 is 4.74 Å². The summed E-state index contributed by atoms with van der Waals surface area (Å²) >= 11 is 1.46. The van der Waals surface area contributed by atoms with Gasteiger partial charge in [-0.15, -0.1) is 11.3 Å². The van der Waals surface area contributed by atoms with Crippen molar-refractivity contribution in [2.24, 2.45) is 0 Å². The highest BCUT2D eigenvalue weighted by Gasteiger charge is 2.39. The number of anilines is 1. The summed E-state index contributed by atoms with van der Waals surface area (Å²) < 4.78 is 5.80. The van der Waals surface area contributed by atoms with Crippen LogP contribution in [0.2, 0.25) is 0 Å². The summed E-state index contributed by atoms with van der Waals surface area (Å²) in [6, 6.07) is 19.9. The predicted molar refractivity (Wildman–Crippen MR) is 99.8 cm³/mol. The first kappa shape index (κ1) is 15.8. The van der Waals surface area contributed by atoms with E-state index >= 15 is 0 Å². The van der Waals surface area contributed by atoms with Gasteiger partial charge in [0, 0.05) is 23.9 Å². The van der Waals surface area contributed by atoms with E-state index in [0.717, 1.165) is 23.2 Å². The quantitative estimate of drug-likeness (QED) is 0.662. The van der Waals surface area contributed by atoms with E-state index < -0.39 is 5.60 Å². The monoisotopic (exact) mass is 350 g/mol. The van der Waals surface area contributed by atoms with E-state index in [-0.39, 0.29) is 6.09 Å². The zero-order valence-electron chi connectivity index (χ0n) is 13.9. The lowest BCUT2D eigenvalue weighted by molar-refractivity contribution is 0.00582. The Morgan fingerprint density at radius 3 is 2.44 bits per heavy atom. The summed E-state index contributed by atoms with van der Waals surface area (Å²) in [4.78, 5) is 18.8. The number of carbonyl (C=O) groups excluding carboxylic acids is 1. The summed E-state index contributed by atoms with van der Waals surface area (Å²) in [6.07, 6.45) is 0.384. The molecule has 25 heavy (non-hydrogen) atoms. The number of rotatable bonds is 3. The van der Waals surface area contributed by atoms with Crippen LogP contribution in [0.25, 0.3) is 11.3 Å². The molecule has 1 aliphatic rings. The van der Waals surface area contributed by atoms with E-state index in [4.69, 9.17) is 4.74 Å². The third kappa shape index (κ3) is 3.03. The molecule has 0 bridgehead atoms. The molecule has 3 aromatic rings. The number of nitrogens with zero attached hydrogens (tertiary/aromatic N) is 2. The van der Waals surface area contributed by atoms with Gasteiger partial charge in [-0.1, -0.05) is 60.7 Å². The molecule has 1 saturated heterocycles. The number of thiazole rings is 1. The van der Waals surface area contributed by atoms with E-state index in [1.54, 1.807) is 4.90 Å². The lowest BCUT2D eigenvalue weighted by Crippen LogP contribution is -2.46. The molecule has 1 amide bonds. The lowest BCUT2D eigenvalue weighted by atomic mass is 9.91. The third-order valence-electron chi connectivity index (χ3n) is 4.52. The van der Waals surface area contributed by atoms with E-state index in [1.165, 1.54) is 11.3 Å². The van der Waals surface area contributed by atoms with Gasteiger partial charge in [-0.2, -0.15) is 0 Å². The molecule has 126 valence electrons. The van der Waals surface area contributed by atoms with E-state index in [1.807, 2.05) is 73.0 Å². The number of carbonyl (C=O) groups is 1. The molecule has 1 atom stereocenters. The first-order chi connectivity index (χ1) is 12.2. The fraction of sp³-hybridized carbons (Fsp3) is 0.200. The Bertz CT molecular complexity index is 879. The first-order valence-corrected chi connectivity index (χ1v) is 9.11. The van der Waals surface area contributed by atoms with Crippen molar-refractivity contribution in [1.29, 1.82) is 0 Å². The molecule has 0 spiro atoms. The minimum Gasteiger partial charge on any atom is -0.438 e. The largest absolute Gasteiger partial charge is 0.438 e. The highest BCUT2D eigenvalue weighted by atomic mass is 32.1. The van der Waals surface area contributed by atoms with Gasteiger partial charge in [-0.25, -0.2) is 9.78 Å². The summed E-state index contributed by atoms with van der Waals surface area (Å²) in [6.45, 7) is 2.56. The van der Waals surface area contributed by atoms with Crippen LogP contribution >= 0.6 is 11.3 Å². The molecular weight excluding hydrogens is 332 g/mol. The predicted octanol–water partition coefficient (Wildman–Crippen LogP) is 5.07. The molecule has 1 unspecified atom stereocenters. The Kier molecular flexibility index (Phi) is 4.01.